The topological polar surface area (TPSA) is 118 Å². The Kier molecular flexibility index (Phi) is 9.93. The van der Waals surface area contributed by atoms with Gasteiger partial charge in [-0.25, -0.2) is 39.1 Å². The van der Waals surface area contributed by atoms with E-state index >= 15 is 0 Å². The van der Waals surface area contributed by atoms with Gasteiger partial charge in [0.05, 0.1) is 24.2 Å². The van der Waals surface area contributed by atoms with Crippen LogP contribution in [-0.2, 0) is 19.2 Å². The van der Waals surface area contributed by atoms with E-state index in [2.05, 4.69) is 20.0 Å². The highest BCUT2D eigenvalue weighted by atomic mass is 16.1. The summed E-state index contributed by atoms with van der Waals surface area (Å²) in [7, 11) is 0. The predicted molar refractivity (Wildman–Crippen MR) is 93.7 cm³/mol. The molecule has 0 spiro atoms. The van der Waals surface area contributed by atoms with E-state index in [-0.39, 0.29) is 30.1 Å². The second-order valence-electron chi connectivity index (χ2n) is 6.82. The van der Waals surface area contributed by atoms with E-state index in [0.29, 0.717) is 12.3 Å². The molecule has 5 unspecified atom stereocenters. The number of hydrogen-bond donors (Lipinski definition) is 0. The monoisotopic (exact) mass is 360 g/mol. The van der Waals surface area contributed by atoms with Crippen LogP contribution in [0.4, 0.5) is 0 Å². The van der Waals surface area contributed by atoms with Gasteiger partial charge < -0.3 is 0 Å². The molecule has 0 amide bonds. The van der Waals surface area contributed by atoms with Crippen LogP contribution in [-0.4, -0.2) is 48.5 Å². The quantitative estimate of drug-likeness (QED) is 0.565. The molecular weight excluding hydrogens is 336 g/mol. The van der Waals surface area contributed by atoms with Crippen molar-refractivity contribution in [3.63, 3.8) is 0 Å². The van der Waals surface area contributed by atoms with E-state index < -0.39 is 0 Å². The minimum atomic E-state index is -0.0200. The molecule has 26 heavy (non-hydrogen) atoms. The third-order valence-electron chi connectivity index (χ3n) is 5.23. The minimum absolute atomic E-state index is 0.00389. The van der Waals surface area contributed by atoms with Crippen molar-refractivity contribution in [3.8, 4) is 0 Å². The Labute approximate surface area is 152 Å². The Morgan fingerprint density at radius 2 is 1.15 bits per heavy atom. The molecule has 2 fully saturated rings. The molecule has 0 heterocycles. The van der Waals surface area contributed by atoms with Crippen molar-refractivity contribution < 1.29 is 19.2 Å². The molecule has 0 aromatic heterocycles. The van der Waals surface area contributed by atoms with Crippen LogP contribution < -0.4 is 0 Å². The first-order valence-corrected chi connectivity index (χ1v) is 8.85. The lowest BCUT2D eigenvalue weighted by Gasteiger charge is -2.29. The van der Waals surface area contributed by atoms with Crippen molar-refractivity contribution in [2.75, 3.05) is 0 Å². The van der Waals surface area contributed by atoms with Crippen LogP contribution in [0.2, 0.25) is 0 Å². The van der Waals surface area contributed by atoms with Crippen molar-refractivity contribution in [2.24, 2.45) is 31.8 Å². The first-order chi connectivity index (χ1) is 12.6. The van der Waals surface area contributed by atoms with Gasteiger partial charge in [0.15, 0.2) is 0 Å². The van der Waals surface area contributed by atoms with Crippen LogP contribution in [0.25, 0.3) is 0 Å². The van der Waals surface area contributed by atoms with Gasteiger partial charge in [-0.1, -0.05) is 13.8 Å². The van der Waals surface area contributed by atoms with Crippen molar-refractivity contribution in [3.05, 3.63) is 0 Å². The number of carbonyl (C=O) groups excluding carboxylic acids is 4. The van der Waals surface area contributed by atoms with Crippen molar-refractivity contribution in [2.45, 2.75) is 76.5 Å². The van der Waals surface area contributed by atoms with Crippen LogP contribution in [0.15, 0.2) is 20.0 Å². The molecule has 0 aromatic carbocycles. The third-order valence-corrected chi connectivity index (χ3v) is 5.23. The summed E-state index contributed by atoms with van der Waals surface area (Å²) in [5.41, 5.74) is 0. The molecule has 2 saturated carbocycles. The first-order valence-electron chi connectivity index (χ1n) is 8.85. The Bertz CT molecular complexity index is 594. The predicted octanol–water partition coefficient (Wildman–Crippen LogP) is 2.43. The molecule has 2 rings (SSSR count). The van der Waals surface area contributed by atoms with E-state index in [0.717, 1.165) is 32.1 Å². The van der Waals surface area contributed by atoms with Gasteiger partial charge in [0.25, 0.3) is 0 Å². The van der Waals surface area contributed by atoms with Crippen LogP contribution in [0.1, 0.15) is 52.4 Å². The summed E-state index contributed by atoms with van der Waals surface area (Å²) in [6.45, 7) is 4.00. The van der Waals surface area contributed by atoms with E-state index in [9.17, 15) is 19.2 Å². The number of nitrogens with zero attached hydrogens (tertiary/aromatic N) is 4. The van der Waals surface area contributed by atoms with E-state index in [1.807, 2.05) is 13.8 Å². The van der Waals surface area contributed by atoms with E-state index in [1.54, 1.807) is 24.3 Å². The van der Waals surface area contributed by atoms with Gasteiger partial charge in [-0.3, -0.25) is 0 Å². The van der Waals surface area contributed by atoms with Crippen LogP contribution in [0, 0.1) is 11.8 Å². The minimum Gasteiger partial charge on any atom is -0.211 e. The second kappa shape index (κ2) is 12.0. The van der Waals surface area contributed by atoms with Gasteiger partial charge >= 0.3 is 0 Å². The molecule has 2 aliphatic carbocycles. The largest absolute Gasteiger partial charge is 0.235 e. The fourth-order valence-corrected chi connectivity index (χ4v) is 3.53. The SMILES string of the molecule is CC1C(N=C=O)CCCC1N=C=O.CC1CCC(N=C=O)CC1N=C=O. The van der Waals surface area contributed by atoms with Crippen LogP contribution in [0.5, 0.6) is 0 Å². The highest BCUT2D eigenvalue weighted by Crippen LogP contribution is 2.29. The molecule has 0 bridgehead atoms. The van der Waals surface area contributed by atoms with Crippen molar-refractivity contribution >= 4 is 24.3 Å². The van der Waals surface area contributed by atoms with Gasteiger partial charge in [0.2, 0.25) is 24.3 Å². The van der Waals surface area contributed by atoms with Gasteiger partial charge in [-0.05, 0) is 44.4 Å². The molecule has 5 atom stereocenters. The lowest BCUT2D eigenvalue weighted by molar-refractivity contribution is 0.289. The maximum atomic E-state index is 10.1. The number of aliphatic imine (C=N–C) groups is 4. The van der Waals surface area contributed by atoms with Gasteiger partial charge in [-0.2, -0.15) is 0 Å². The smallest absolute Gasteiger partial charge is 0.211 e. The zero-order chi connectivity index (χ0) is 19.4. The molecule has 8 heteroatoms. The van der Waals surface area contributed by atoms with Crippen molar-refractivity contribution in [1.29, 1.82) is 0 Å². The Balaban J connectivity index is 0.000000260. The summed E-state index contributed by atoms with van der Waals surface area (Å²) in [5.74, 6) is 0.538. The second-order valence-corrected chi connectivity index (χ2v) is 6.82. The molecule has 0 aromatic rings. The zero-order valence-electron chi connectivity index (χ0n) is 15.1. The average Bonchev–Trinajstić information content (AvgIpc) is 2.63. The summed E-state index contributed by atoms with van der Waals surface area (Å²) in [6.07, 6.45) is 11.5. The standard InChI is InChI=1S/2C9H12N2O2/c1-7-2-3-8(10-5-12)4-9(7)11-6-13;1-7-8(10-5-12)3-2-4-9(7)11-6-13/h2*7-9H,2-4H2,1H3. The van der Waals surface area contributed by atoms with Gasteiger partial charge in [0, 0.05) is 5.92 Å². The summed E-state index contributed by atoms with van der Waals surface area (Å²) in [6, 6.07) is -0.0640. The first kappa shape index (κ1) is 21.6. The summed E-state index contributed by atoms with van der Waals surface area (Å²) < 4.78 is 0. The molecule has 0 saturated heterocycles. The fraction of sp³-hybridized carbons (Fsp3) is 0.778. The lowest BCUT2D eigenvalue weighted by Crippen LogP contribution is -2.31. The highest BCUT2D eigenvalue weighted by molar-refractivity contribution is 5.35. The van der Waals surface area contributed by atoms with Crippen molar-refractivity contribution in [1.82, 2.24) is 0 Å². The van der Waals surface area contributed by atoms with Crippen LogP contribution >= 0.6 is 0 Å². The molecule has 8 nitrogen and oxygen atoms in total. The Morgan fingerprint density at radius 1 is 0.654 bits per heavy atom. The van der Waals surface area contributed by atoms with E-state index in [1.165, 1.54) is 0 Å². The zero-order valence-corrected chi connectivity index (χ0v) is 15.1. The summed E-state index contributed by atoms with van der Waals surface area (Å²) in [4.78, 5) is 55.0. The lowest BCUT2D eigenvalue weighted by atomic mass is 9.82. The Morgan fingerprint density at radius 3 is 1.65 bits per heavy atom. The van der Waals surface area contributed by atoms with E-state index in [4.69, 9.17) is 0 Å². The number of rotatable bonds is 4. The Hall–Kier alpha value is -2.48. The maximum Gasteiger partial charge on any atom is 0.235 e. The van der Waals surface area contributed by atoms with Gasteiger partial charge in [-0.15, -0.1) is 0 Å². The molecule has 0 N–H and O–H groups in total. The molecule has 0 radical (unpaired) electrons. The normalized spacial score (nSPS) is 32.8. The molecule has 140 valence electrons. The highest BCUT2D eigenvalue weighted by Gasteiger charge is 2.29. The maximum absolute atomic E-state index is 10.1. The molecule has 2 aliphatic rings. The molecular formula is C18H24N4O4. The molecule has 0 aliphatic heterocycles. The summed E-state index contributed by atoms with van der Waals surface area (Å²) >= 11 is 0. The number of hydrogen-bond acceptors (Lipinski definition) is 8. The number of isocyanates is 4. The van der Waals surface area contributed by atoms with Crippen LogP contribution in [0.3, 0.4) is 0 Å². The summed E-state index contributed by atoms with van der Waals surface area (Å²) in [5, 5.41) is 0. The average molecular weight is 360 g/mol. The van der Waals surface area contributed by atoms with Gasteiger partial charge in [0.1, 0.15) is 0 Å². The fourth-order valence-electron chi connectivity index (χ4n) is 3.53. The third kappa shape index (κ3) is 6.79.